The van der Waals surface area contributed by atoms with E-state index in [1.54, 1.807) is 4.90 Å². The first-order chi connectivity index (χ1) is 16.7. The van der Waals surface area contributed by atoms with E-state index in [9.17, 15) is 18.0 Å². The topological polar surface area (TPSA) is 95.8 Å². The van der Waals surface area contributed by atoms with Gasteiger partial charge in [0, 0.05) is 44.3 Å². The van der Waals surface area contributed by atoms with Gasteiger partial charge in [0.25, 0.3) is 0 Å². The van der Waals surface area contributed by atoms with Gasteiger partial charge in [-0.3, -0.25) is 9.69 Å². The number of hydrogen-bond donors (Lipinski definition) is 1. The largest absolute Gasteiger partial charge is 0.373 e. The van der Waals surface area contributed by atoms with Gasteiger partial charge >= 0.3 is 0 Å². The van der Waals surface area contributed by atoms with Crippen LogP contribution in [0.3, 0.4) is 0 Å². The summed E-state index contributed by atoms with van der Waals surface area (Å²) in [4.78, 5) is 24.1. The van der Waals surface area contributed by atoms with Crippen LogP contribution in [0.15, 0.2) is 18.7 Å². The van der Waals surface area contributed by atoms with Crippen molar-refractivity contribution in [2.45, 2.75) is 46.1 Å². The van der Waals surface area contributed by atoms with Gasteiger partial charge in [-0.2, -0.15) is 4.80 Å². The zero-order valence-corrected chi connectivity index (χ0v) is 20.1. The quantitative estimate of drug-likeness (QED) is 0.369. The first-order valence-electron chi connectivity index (χ1n) is 11.3. The molecule has 3 rings (SSSR count). The molecule has 0 aliphatic rings. The molecule has 0 spiro atoms. The summed E-state index contributed by atoms with van der Waals surface area (Å²) in [6.07, 6.45) is 2.98. The van der Waals surface area contributed by atoms with E-state index in [0.717, 1.165) is 19.3 Å². The fraction of sp³-hybridized carbons (Fsp3) is 0.435. The monoisotopic (exact) mass is 490 g/mol. The lowest BCUT2D eigenvalue weighted by atomic mass is 10.1. The highest BCUT2D eigenvalue weighted by molar-refractivity contribution is 5.80. The lowest BCUT2D eigenvalue weighted by Gasteiger charge is -2.23. The van der Waals surface area contributed by atoms with Crippen molar-refractivity contribution in [1.29, 1.82) is 0 Å². The van der Waals surface area contributed by atoms with Crippen LogP contribution >= 0.6 is 0 Å². The maximum Gasteiger partial charge on any atom is 0.215 e. The van der Waals surface area contributed by atoms with E-state index in [2.05, 4.69) is 38.9 Å². The first-order valence-corrected chi connectivity index (χ1v) is 11.3. The third-order valence-electron chi connectivity index (χ3n) is 5.49. The van der Waals surface area contributed by atoms with Crippen LogP contribution in [0.25, 0.3) is 5.70 Å². The van der Waals surface area contributed by atoms with Gasteiger partial charge in [-0.15, -0.1) is 10.2 Å². The number of imidazole rings is 1. The number of aromatic nitrogens is 6. The van der Waals surface area contributed by atoms with Crippen LogP contribution in [-0.2, 0) is 17.8 Å². The van der Waals surface area contributed by atoms with Gasteiger partial charge in [0.2, 0.25) is 6.41 Å². The second-order valence-electron chi connectivity index (χ2n) is 8.22. The number of tetrazole rings is 1. The van der Waals surface area contributed by atoms with Crippen molar-refractivity contribution in [1.82, 2.24) is 35.1 Å². The third-order valence-corrected chi connectivity index (χ3v) is 5.49. The van der Waals surface area contributed by atoms with Crippen LogP contribution in [0.5, 0.6) is 0 Å². The molecule has 0 bridgehead atoms. The van der Waals surface area contributed by atoms with Crippen LogP contribution in [0.2, 0.25) is 0 Å². The number of H-pyrrole nitrogens is 1. The summed E-state index contributed by atoms with van der Waals surface area (Å²) in [5.74, 6) is -1.61. The molecule has 12 heteroatoms. The van der Waals surface area contributed by atoms with Crippen molar-refractivity contribution < 1.29 is 18.0 Å². The zero-order chi connectivity index (χ0) is 25.5. The average Bonchev–Trinajstić information content (AvgIpc) is 3.42. The van der Waals surface area contributed by atoms with E-state index in [-0.39, 0.29) is 17.8 Å². The molecule has 0 fully saturated rings. The summed E-state index contributed by atoms with van der Waals surface area (Å²) in [6.45, 7) is 9.60. The van der Waals surface area contributed by atoms with E-state index < -0.39 is 17.5 Å². The Morgan fingerprint density at radius 3 is 2.57 bits per heavy atom. The molecule has 2 aromatic heterocycles. The van der Waals surface area contributed by atoms with E-state index in [0.29, 0.717) is 61.2 Å². The van der Waals surface area contributed by atoms with Gasteiger partial charge in [0.15, 0.2) is 11.6 Å². The SMILES string of the molecule is C=C(c1[nH]c(C)nc1N(C=O)CCCC)N(C)CCCn1nnc(Cc2c(F)cc(F)cc2F)n1. The number of benzene rings is 1. The number of carbonyl (C=O) groups is 1. The maximum absolute atomic E-state index is 13.9. The molecule has 0 unspecified atom stereocenters. The Labute approximate surface area is 201 Å². The molecular formula is C23H29F3N8O. The van der Waals surface area contributed by atoms with E-state index in [1.165, 1.54) is 4.80 Å². The third kappa shape index (κ3) is 6.46. The highest BCUT2D eigenvalue weighted by Crippen LogP contribution is 2.25. The second-order valence-corrected chi connectivity index (χ2v) is 8.22. The van der Waals surface area contributed by atoms with Gasteiger partial charge in [0.05, 0.1) is 12.2 Å². The van der Waals surface area contributed by atoms with Gasteiger partial charge in [0.1, 0.15) is 29.0 Å². The number of aryl methyl sites for hydroxylation is 2. The minimum absolute atomic E-state index is 0.130. The Hall–Kier alpha value is -3.70. The smallest absolute Gasteiger partial charge is 0.215 e. The Balaban J connectivity index is 1.58. The molecule has 35 heavy (non-hydrogen) atoms. The second kappa shape index (κ2) is 11.6. The number of hydrogen-bond acceptors (Lipinski definition) is 6. The number of amides is 1. The van der Waals surface area contributed by atoms with Crippen molar-refractivity contribution in [3.63, 3.8) is 0 Å². The summed E-state index contributed by atoms with van der Waals surface area (Å²) in [6, 6.07) is 1.24. The van der Waals surface area contributed by atoms with E-state index in [1.807, 2.05) is 18.9 Å². The normalized spacial score (nSPS) is 11.0. The van der Waals surface area contributed by atoms with Crippen molar-refractivity contribution in [3.8, 4) is 0 Å². The van der Waals surface area contributed by atoms with Crippen LogP contribution < -0.4 is 4.90 Å². The van der Waals surface area contributed by atoms with Crippen molar-refractivity contribution in [3.05, 3.63) is 59.1 Å². The molecule has 2 heterocycles. The zero-order valence-electron chi connectivity index (χ0n) is 20.1. The molecule has 188 valence electrons. The average molecular weight is 491 g/mol. The van der Waals surface area contributed by atoms with Crippen molar-refractivity contribution in [2.75, 3.05) is 25.0 Å². The molecule has 9 nitrogen and oxygen atoms in total. The number of nitrogens with one attached hydrogen (secondary N) is 1. The minimum Gasteiger partial charge on any atom is -0.373 e. The van der Waals surface area contributed by atoms with Crippen molar-refractivity contribution in [2.24, 2.45) is 0 Å². The fourth-order valence-corrected chi connectivity index (χ4v) is 3.54. The molecule has 0 saturated heterocycles. The fourth-order valence-electron chi connectivity index (χ4n) is 3.54. The predicted octanol–water partition coefficient (Wildman–Crippen LogP) is 3.47. The molecular weight excluding hydrogens is 461 g/mol. The number of anilines is 1. The van der Waals surface area contributed by atoms with Crippen LogP contribution in [0.4, 0.5) is 19.0 Å². The Bertz CT molecular complexity index is 1150. The molecule has 0 aliphatic carbocycles. The lowest BCUT2D eigenvalue weighted by Crippen LogP contribution is -2.25. The summed E-state index contributed by atoms with van der Waals surface area (Å²) < 4.78 is 40.8. The highest BCUT2D eigenvalue weighted by atomic mass is 19.1. The standard InChI is InChI=1S/C23H29F3N8O/c1-5-6-9-33(14-35)23-22(27-16(3)28-23)15(2)32(4)8-7-10-34-30-21(29-31-34)13-18-19(25)11-17(24)12-20(18)26/h11-12,14H,2,5-10,13H2,1,3-4H3,(H,27,28). The Morgan fingerprint density at radius 2 is 1.91 bits per heavy atom. The van der Waals surface area contributed by atoms with Gasteiger partial charge in [-0.1, -0.05) is 19.9 Å². The highest BCUT2D eigenvalue weighted by Gasteiger charge is 2.20. The van der Waals surface area contributed by atoms with Gasteiger partial charge in [-0.05, 0) is 25.0 Å². The number of aromatic amines is 1. The molecule has 1 N–H and O–H groups in total. The van der Waals surface area contributed by atoms with E-state index >= 15 is 0 Å². The maximum atomic E-state index is 13.9. The number of carbonyl (C=O) groups excluding carboxylic acids is 1. The van der Waals surface area contributed by atoms with Gasteiger partial charge in [-0.25, -0.2) is 18.2 Å². The molecule has 0 atom stereocenters. The summed E-state index contributed by atoms with van der Waals surface area (Å²) in [7, 11) is 1.87. The molecule has 1 amide bonds. The number of rotatable bonds is 13. The summed E-state index contributed by atoms with van der Waals surface area (Å²) in [5, 5.41) is 11.9. The van der Waals surface area contributed by atoms with E-state index in [4.69, 9.17) is 0 Å². The molecule has 0 radical (unpaired) electrons. The molecule has 0 aliphatic heterocycles. The number of halogens is 3. The molecule has 0 saturated carbocycles. The number of nitrogens with zero attached hydrogens (tertiary/aromatic N) is 7. The number of unbranched alkanes of at least 4 members (excludes halogenated alkanes) is 1. The molecule has 3 aromatic rings. The Kier molecular flexibility index (Phi) is 8.61. The van der Waals surface area contributed by atoms with Gasteiger partial charge < -0.3 is 9.88 Å². The van der Waals surface area contributed by atoms with Crippen LogP contribution in [-0.4, -0.2) is 61.6 Å². The van der Waals surface area contributed by atoms with Crippen molar-refractivity contribution >= 4 is 17.9 Å². The Morgan fingerprint density at radius 1 is 1.20 bits per heavy atom. The first kappa shape index (κ1) is 25.9. The summed E-state index contributed by atoms with van der Waals surface area (Å²) >= 11 is 0. The molecule has 1 aromatic carbocycles. The van der Waals surface area contributed by atoms with Crippen LogP contribution in [0.1, 0.15) is 49.1 Å². The van der Waals surface area contributed by atoms with Crippen LogP contribution in [0, 0.1) is 24.4 Å². The minimum atomic E-state index is -0.991. The predicted molar refractivity (Wildman–Crippen MR) is 125 cm³/mol. The lowest BCUT2D eigenvalue weighted by molar-refractivity contribution is -0.107. The summed E-state index contributed by atoms with van der Waals surface area (Å²) in [5.41, 5.74) is 1.05.